The van der Waals surface area contributed by atoms with Gasteiger partial charge in [-0.1, -0.05) is 38.1 Å². The fourth-order valence-electron chi connectivity index (χ4n) is 3.96. The summed E-state index contributed by atoms with van der Waals surface area (Å²) in [4.78, 5) is 30.0. The van der Waals surface area contributed by atoms with Crippen LogP contribution in [0, 0.1) is 5.82 Å². The Morgan fingerprint density at radius 2 is 1.71 bits per heavy atom. The molecule has 0 aliphatic carbocycles. The molecule has 8 heteroatoms. The minimum absolute atomic E-state index is 0.0801. The van der Waals surface area contributed by atoms with Crippen LogP contribution in [0.25, 0.3) is 11.3 Å². The number of hydrogen-bond donors (Lipinski definition) is 2. The largest absolute Gasteiger partial charge is 0.481 e. The highest BCUT2D eigenvalue weighted by atomic mass is 32.1. The fourth-order valence-corrected chi connectivity index (χ4v) is 4.81. The highest BCUT2D eigenvalue weighted by Gasteiger charge is 2.17. The van der Waals surface area contributed by atoms with Crippen LogP contribution in [-0.4, -0.2) is 28.5 Å². The van der Waals surface area contributed by atoms with E-state index in [2.05, 4.69) is 48.3 Å². The Bertz CT molecular complexity index is 1370. The molecule has 6 nitrogen and oxygen atoms in total. The van der Waals surface area contributed by atoms with Crippen molar-refractivity contribution in [1.29, 1.82) is 0 Å². The maximum absolute atomic E-state index is 13.4. The van der Waals surface area contributed by atoms with Gasteiger partial charge in [0.05, 0.1) is 18.7 Å². The number of aromatic nitrogens is 1. The van der Waals surface area contributed by atoms with Crippen LogP contribution in [0.1, 0.15) is 54.1 Å². The van der Waals surface area contributed by atoms with E-state index in [-0.39, 0.29) is 24.7 Å². The molecule has 38 heavy (non-hydrogen) atoms. The van der Waals surface area contributed by atoms with Crippen molar-refractivity contribution in [1.82, 2.24) is 10.3 Å². The van der Waals surface area contributed by atoms with E-state index in [1.165, 1.54) is 29.0 Å². The predicted octanol–water partition coefficient (Wildman–Crippen LogP) is 7.01. The van der Waals surface area contributed by atoms with Crippen molar-refractivity contribution >= 4 is 34.0 Å². The molecule has 0 saturated carbocycles. The molecule has 1 unspecified atom stereocenters. The van der Waals surface area contributed by atoms with Crippen LogP contribution in [-0.2, 0) is 11.3 Å². The average molecular weight is 532 g/mol. The van der Waals surface area contributed by atoms with Gasteiger partial charge in [0, 0.05) is 28.7 Å². The van der Waals surface area contributed by atoms with E-state index < -0.39 is 5.97 Å². The number of halogens is 1. The first-order valence-electron chi connectivity index (χ1n) is 12.5. The Morgan fingerprint density at radius 1 is 1.03 bits per heavy atom. The van der Waals surface area contributed by atoms with Gasteiger partial charge < -0.3 is 15.3 Å². The minimum atomic E-state index is -0.956. The monoisotopic (exact) mass is 531 g/mol. The number of thiazole rings is 1. The third-order valence-electron chi connectivity index (χ3n) is 6.43. The first-order valence-corrected chi connectivity index (χ1v) is 13.4. The van der Waals surface area contributed by atoms with E-state index in [1.807, 2.05) is 17.5 Å². The molecular formula is C30H30FN3O3S. The lowest BCUT2D eigenvalue weighted by Crippen LogP contribution is -2.26. The Labute approximate surface area is 225 Å². The lowest BCUT2D eigenvalue weighted by Gasteiger charge is -2.23. The average Bonchev–Trinajstić information content (AvgIpc) is 3.42. The summed E-state index contributed by atoms with van der Waals surface area (Å²) in [6, 6.07) is 22.1. The van der Waals surface area contributed by atoms with Crippen LogP contribution in [0.15, 0.2) is 78.2 Å². The van der Waals surface area contributed by atoms with Crippen LogP contribution in [0.3, 0.4) is 0 Å². The fraction of sp³-hybridized carbons (Fsp3) is 0.233. The van der Waals surface area contributed by atoms with E-state index >= 15 is 0 Å². The number of aliphatic carboxylic acids is 1. The number of hydrogen-bond acceptors (Lipinski definition) is 5. The molecule has 196 valence electrons. The minimum Gasteiger partial charge on any atom is -0.481 e. The summed E-state index contributed by atoms with van der Waals surface area (Å²) in [6.45, 7) is 4.99. The van der Waals surface area contributed by atoms with Gasteiger partial charge >= 0.3 is 5.97 Å². The smallest absolute Gasteiger partial charge is 0.305 e. The van der Waals surface area contributed by atoms with Gasteiger partial charge in [-0.25, -0.2) is 9.37 Å². The highest BCUT2D eigenvalue weighted by molar-refractivity contribution is 7.14. The van der Waals surface area contributed by atoms with Crippen LogP contribution in [0.4, 0.5) is 15.2 Å². The Balaban J connectivity index is 1.58. The van der Waals surface area contributed by atoms with Gasteiger partial charge in [0.15, 0.2) is 5.13 Å². The number of carboxylic acids is 1. The molecule has 3 aromatic carbocycles. The number of anilines is 2. The summed E-state index contributed by atoms with van der Waals surface area (Å²) in [5, 5.41) is 14.2. The summed E-state index contributed by atoms with van der Waals surface area (Å²) in [7, 11) is 0. The van der Waals surface area contributed by atoms with E-state index in [1.54, 1.807) is 24.3 Å². The number of nitrogens with one attached hydrogen (secondary N) is 1. The molecule has 0 spiro atoms. The summed E-state index contributed by atoms with van der Waals surface area (Å²) < 4.78 is 13.4. The van der Waals surface area contributed by atoms with Gasteiger partial charge in [-0.15, -0.1) is 11.3 Å². The Morgan fingerprint density at radius 3 is 2.34 bits per heavy atom. The van der Waals surface area contributed by atoms with Gasteiger partial charge in [-0.05, 0) is 72.0 Å². The second kappa shape index (κ2) is 12.5. The van der Waals surface area contributed by atoms with Gasteiger partial charge in [-0.3, -0.25) is 9.59 Å². The third-order valence-corrected chi connectivity index (χ3v) is 7.29. The molecule has 0 aliphatic heterocycles. The number of carboxylic acid groups (broad SMARTS) is 1. The molecule has 0 bridgehead atoms. The third kappa shape index (κ3) is 6.83. The van der Waals surface area contributed by atoms with Gasteiger partial charge in [0.1, 0.15) is 5.82 Å². The number of benzene rings is 3. The molecule has 1 heterocycles. The first kappa shape index (κ1) is 27.0. The SMILES string of the molecule is CCC(C)c1ccc(N(Cc2ccc(C(=O)NCCC(=O)O)cc2)c2nc(-c3ccc(F)cc3)cs2)cc1. The summed E-state index contributed by atoms with van der Waals surface area (Å²) in [6.07, 6.45) is 0.940. The molecule has 0 saturated heterocycles. The van der Waals surface area contributed by atoms with Gasteiger partial charge in [0.25, 0.3) is 5.91 Å². The number of amides is 1. The first-order chi connectivity index (χ1) is 18.3. The second-order valence-corrected chi connectivity index (χ2v) is 9.94. The van der Waals surface area contributed by atoms with Gasteiger partial charge in [-0.2, -0.15) is 0 Å². The molecule has 2 N–H and O–H groups in total. The van der Waals surface area contributed by atoms with Gasteiger partial charge in [0.2, 0.25) is 0 Å². The quantitative estimate of drug-likeness (QED) is 0.218. The number of carbonyl (C=O) groups is 2. The van der Waals surface area contributed by atoms with Crippen LogP contribution < -0.4 is 10.2 Å². The van der Waals surface area contributed by atoms with Crippen LogP contribution >= 0.6 is 11.3 Å². The second-order valence-electron chi connectivity index (χ2n) is 9.11. The van der Waals surface area contributed by atoms with E-state index in [0.717, 1.165) is 34.1 Å². The number of nitrogens with zero attached hydrogens (tertiary/aromatic N) is 2. The lowest BCUT2D eigenvalue weighted by atomic mass is 9.98. The van der Waals surface area contributed by atoms with E-state index in [0.29, 0.717) is 18.0 Å². The van der Waals surface area contributed by atoms with Crippen molar-refractivity contribution in [2.45, 2.75) is 39.2 Å². The summed E-state index contributed by atoms with van der Waals surface area (Å²) in [5.41, 5.74) is 5.35. The molecular weight excluding hydrogens is 501 g/mol. The Kier molecular flexibility index (Phi) is 8.86. The zero-order valence-corrected chi connectivity index (χ0v) is 22.2. The normalized spacial score (nSPS) is 11.7. The zero-order chi connectivity index (χ0) is 27.1. The van der Waals surface area contributed by atoms with E-state index in [4.69, 9.17) is 10.1 Å². The maximum Gasteiger partial charge on any atom is 0.305 e. The van der Waals surface area contributed by atoms with Crippen LogP contribution in [0.2, 0.25) is 0 Å². The van der Waals surface area contributed by atoms with Crippen LogP contribution in [0.5, 0.6) is 0 Å². The molecule has 1 aromatic heterocycles. The number of rotatable bonds is 11. The topological polar surface area (TPSA) is 82.5 Å². The summed E-state index contributed by atoms with van der Waals surface area (Å²) >= 11 is 1.51. The van der Waals surface area contributed by atoms with Crippen molar-refractivity contribution in [3.63, 3.8) is 0 Å². The molecule has 0 radical (unpaired) electrons. The molecule has 0 fully saturated rings. The zero-order valence-electron chi connectivity index (χ0n) is 21.4. The van der Waals surface area contributed by atoms with Crippen molar-refractivity contribution in [2.24, 2.45) is 0 Å². The molecule has 1 amide bonds. The van der Waals surface area contributed by atoms with Crippen molar-refractivity contribution in [2.75, 3.05) is 11.4 Å². The highest BCUT2D eigenvalue weighted by Crippen LogP contribution is 2.34. The lowest BCUT2D eigenvalue weighted by molar-refractivity contribution is -0.136. The maximum atomic E-state index is 13.4. The van der Waals surface area contributed by atoms with Crippen molar-refractivity contribution in [3.8, 4) is 11.3 Å². The molecule has 4 rings (SSSR count). The number of carbonyl (C=O) groups excluding carboxylic acids is 1. The van der Waals surface area contributed by atoms with E-state index in [9.17, 15) is 14.0 Å². The predicted molar refractivity (Wildman–Crippen MR) is 150 cm³/mol. The standard InChI is InChI=1S/C30H30FN3O3S/c1-3-20(2)22-10-14-26(15-11-22)34(30-33-27(19-38-30)23-8-12-25(31)13-9-23)18-21-4-6-24(7-5-21)29(37)32-17-16-28(35)36/h4-15,19-20H,3,16-18H2,1-2H3,(H,32,37)(H,35,36). The summed E-state index contributed by atoms with van der Waals surface area (Å²) in [5.74, 6) is -1.08. The Hall–Kier alpha value is -4.04. The van der Waals surface area contributed by atoms with Crippen molar-refractivity contribution < 1.29 is 19.1 Å². The molecule has 0 aliphatic rings. The molecule has 4 aromatic rings. The molecule has 1 atom stereocenters. The van der Waals surface area contributed by atoms with Crippen molar-refractivity contribution in [3.05, 3.63) is 101 Å².